The molecule has 0 atom stereocenters. The summed E-state index contributed by atoms with van der Waals surface area (Å²) in [5.41, 5.74) is -1.21. The summed E-state index contributed by atoms with van der Waals surface area (Å²) in [5, 5.41) is 3.75. The van der Waals surface area contributed by atoms with Gasteiger partial charge >= 0.3 is 6.18 Å². The SMILES string of the molecule is Cc1nc(CN2CCN(S(=O)(=O)c3cc(C(F)(F)F)ccc3F)CC2)no1. The van der Waals surface area contributed by atoms with E-state index in [9.17, 15) is 26.0 Å². The zero-order valence-electron chi connectivity index (χ0n) is 14.2. The van der Waals surface area contributed by atoms with E-state index < -0.39 is 32.5 Å². The van der Waals surface area contributed by atoms with E-state index in [0.717, 1.165) is 4.31 Å². The molecule has 2 aromatic rings. The van der Waals surface area contributed by atoms with Gasteiger partial charge in [-0.2, -0.15) is 22.5 Å². The molecule has 3 rings (SSSR count). The van der Waals surface area contributed by atoms with Gasteiger partial charge in [-0.3, -0.25) is 4.90 Å². The van der Waals surface area contributed by atoms with Crippen LogP contribution < -0.4 is 0 Å². The molecule has 27 heavy (non-hydrogen) atoms. The number of hydrogen-bond acceptors (Lipinski definition) is 6. The molecule has 0 spiro atoms. The Morgan fingerprint density at radius 1 is 1.19 bits per heavy atom. The highest BCUT2D eigenvalue weighted by Gasteiger charge is 2.35. The van der Waals surface area contributed by atoms with Crippen LogP contribution in [0.15, 0.2) is 27.6 Å². The number of sulfonamides is 1. The molecule has 1 aromatic carbocycles. The molecule has 0 saturated carbocycles. The number of aryl methyl sites for hydroxylation is 1. The first-order valence-corrected chi connectivity index (χ1v) is 9.40. The summed E-state index contributed by atoms with van der Waals surface area (Å²) in [6, 6.07) is 1.36. The van der Waals surface area contributed by atoms with Crippen molar-refractivity contribution in [2.75, 3.05) is 26.2 Å². The van der Waals surface area contributed by atoms with Gasteiger partial charge in [0.1, 0.15) is 10.7 Å². The average Bonchev–Trinajstić information content (AvgIpc) is 2.99. The topological polar surface area (TPSA) is 79.5 Å². The van der Waals surface area contributed by atoms with E-state index in [-0.39, 0.29) is 13.1 Å². The van der Waals surface area contributed by atoms with E-state index in [1.165, 1.54) is 0 Å². The molecule has 0 bridgehead atoms. The van der Waals surface area contributed by atoms with Crippen LogP contribution >= 0.6 is 0 Å². The van der Waals surface area contributed by atoms with E-state index in [0.29, 0.717) is 49.5 Å². The van der Waals surface area contributed by atoms with Gasteiger partial charge in [0.15, 0.2) is 5.82 Å². The molecule has 1 saturated heterocycles. The molecule has 0 N–H and O–H groups in total. The van der Waals surface area contributed by atoms with E-state index in [1.54, 1.807) is 6.92 Å². The largest absolute Gasteiger partial charge is 0.416 e. The second kappa shape index (κ2) is 7.17. The number of hydrogen-bond donors (Lipinski definition) is 0. The predicted molar refractivity (Wildman–Crippen MR) is 84.5 cm³/mol. The molecule has 12 heteroatoms. The molecule has 0 amide bonds. The zero-order valence-corrected chi connectivity index (χ0v) is 15.0. The quantitative estimate of drug-likeness (QED) is 0.721. The Bertz CT molecular complexity index is 921. The van der Waals surface area contributed by atoms with Crippen LogP contribution in [-0.2, 0) is 22.7 Å². The first-order valence-electron chi connectivity index (χ1n) is 7.96. The molecule has 0 aliphatic carbocycles. The van der Waals surface area contributed by atoms with Crippen molar-refractivity contribution < 1.29 is 30.5 Å². The third kappa shape index (κ3) is 4.28. The van der Waals surface area contributed by atoms with Crippen LogP contribution in [0, 0.1) is 12.7 Å². The van der Waals surface area contributed by atoms with Crippen LogP contribution in [0.1, 0.15) is 17.3 Å². The minimum atomic E-state index is -4.76. The van der Waals surface area contributed by atoms with Crippen molar-refractivity contribution in [2.45, 2.75) is 24.5 Å². The predicted octanol–water partition coefficient (Wildman–Crippen LogP) is 2.04. The Kier molecular flexibility index (Phi) is 5.23. The maximum absolute atomic E-state index is 14.0. The maximum atomic E-state index is 14.0. The van der Waals surface area contributed by atoms with E-state index in [1.807, 2.05) is 4.90 Å². The number of halogens is 4. The van der Waals surface area contributed by atoms with Gasteiger partial charge in [-0.1, -0.05) is 5.16 Å². The van der Waals surface area contributed by atoms with Crippen molar-refractivity contribution >= 4 is 10.0 Å². The molecular weight excluding hydrogens is 392 g/mol. The van der Waals surface area contributed by atoms with Gasteiger partial charge in [-0.05, 0) is 18.2 Å². The minimum absolute atomic E-state index is 0.00878. The number of rotatable bonds is 4. The molecule has 1 aliphatic rings. The second-order valence-electron chi connectivity index (χ2n) is 6.05. The molecular formula is C15H16F4N4O3S. The molecule has 1 aliphatic heterocycles. The Labute approximate surface area is 152 Å². The van der Waals surface area contributed by atoms with Gasteiger partial charge < -0.3 is 4.52 Å². The Hall–Kier alpha value is -2.05. The summed E-state index contributed by atoms with van der Waals surface area (Å²) in [7, 11) is -4.39. The number of aromatic nitrogens is 2. The van der Waals surface area contributed by atoms with E-state index >= 15 is 0 Å². The highest BCUT2D eigenvalue weighted by molar-refractivity contribution is 7.89. The van der Waals surface area contributed by atoms with Gasteiger partial charge in [0, 0.05) is 33.1 Å². The molecule has 2 heterocycles. The summed E-state index contributed by atoms with van der Waals surface area (Å²) in [5.74, 6) is -0.355. The van der Waals surface area contributed by atoms with Gasteiger partial charge in [0.2, 0.25) is 15.9 Å². The molecule has 0 unspecified atom stereocenters. The van der Waals surface area contributed by atoms with Crippen molar-refractivity contribution in [1.29, 1.82) is 0 Å². The van der Waals surface area contributed by atoms with Crippen molar-refractivity contribution in [1.82, 2.24) is 19.3 Å². The van der Waals surface area contributed by atoms with Crippen molar-refractivity contribution in [2.24, 2.45) is 0 Å². The highest BCUT2D eigenvalue weighted by Crippen LogP contribution is 2.32. The fourth-order valence-corrected chi connectivity index (χ4v) is 4.26. The lowest BCUT2D eigenvalue weighted by Crippen LogP contribution is -2.48. The fraction of sp³-hybridized carbons (Fsp3) is 0.467. The van der Waals surface area contributed by atoms with Crippen LogP contribution in [0.5, 0.6) is 0 Å². The standard InChI is InChI=1S/C15H16F4N4O3S/c1-10-20-14(21-26-10)9-22-4-6-23(7-5-22)27(24,25)13-8-11(15(17,18)19)2-3-12(13)16/h2-3,8H,4-7,9H2,1H3. The fourth-order valence-electron chi connectivity index (χ4n) is 2.75. The molecule has 148 valence electrons. The maximum Gasteiger partial charge on any atom is 0.416 e. The Morgan fingerprint density at radius 3 is 2.41 bits per heavy atom. The molecule has 1 aromatic heterocycles. The van der Waals surface area contributed by atoms with Crippen LogP contribution in [0.4, 0.5) is 17.6 Å². The van der Waals surface area contributed by atoms with Crippen LogP contribution in [-0.4, -0.2) is 53.9 Å². The molecule has 1 fully saturated rings. The summed E-state index contributed by atoms with van der Waals surface area (Å²) in [6.45, 7) is 2.61. The number of alkyl halides is 3. The summed E-state index contributed by atoms with van der Waals surface area (Å²) >= 11 is 0. The second-order valence-corrected chi connectivity index (χ2v) is 7.96. The third-order valence-electron chi connectivity index (χ3n) is 4.14. The summed E-state index contributed by atoms with van der Waals surface area (Å²) in [4.78, 5) is 4.96. The van der Waals surface area contributed by atoms with Crippen molar-refractivity contribution in [3.63, 3.8) is 0 Å². The normalized spacial score (nSPS) is 17.4. The smallest absolute Gasteiger partial charge is 0.340 e. The van der Waals surface area contributed by atoms with E-state index in [4.69, 9.17) is 4.52 Å². The van der Waals surface area contributed by atoms with Crippen LogP contribution in [0.3, 0.4) is 0 Å². The molecule has 0 radical (unpaired) electrons. The lowest BCUT2D eigenvalue weighted by atomic mass is 10.2. The number of benzene rings is 1. The minimum Gasteiger partial charge on any atom is -0.340 e. The Balaban J connectivity index is 1.73. The first kappa shape index (κ1) is 19.7. The highest BCUT2D eigenvalue weighted by atomic mass is 32.2. The third-order valence-corrected chi connectivity index (χ3v) is 6.06. The zero-order chi connectivity index (χ0) is 19.8. The summed E-state index contributed by atoms with van der Waals surface area (Å²) in [6.07, 6.45) is -4.76. The first-order chi connectivity index (χ1) is 12.6. The monoisotopic (exact) mass is 408 g/mol. The van der Waals surface area contributed by atoms with Gasteiger partial charge in [-0.15, -0.1) is 0 Å². The average molecular weight is 408 g/mol. The number of piperazine rings is 1. The van der Waals surface area contributed by atoms with Crippen LogP contribution in [0.25, 0.3) is 0 Å². The van der Waals surface area contributed by atoms with Crippen molar-refractivity contribution in [3.05, 3.63) is 41.3 Å². The molecule has 7 nitrogen and oxygen atoms in total. The van der Waals surface area contributed by atoms with Crippen LogP contribution in [0.2, 0.25) is 0 Å². The lowest BCUT2D eigenvalue weighted by molar-refractivity contribution is -0.137. The summed E-state index contributed by atoms with van der Waals surface area (Å²) < 4.78 is 83.5. The Morgan fingerprint density at radius 2 is 1.85 bits per heavy atom. The van der Waals surface area contributed by atoms with Gasteiger partial charge in [-0.25, -0.2) is 12.8 Å². The van der Waals surface area contributed by atoms with Gasteiger partial charge in [0.05, 0.1) is 12.1 Å². The number of nitrogens with zero attached hydrogens (tertiary/aromatic N) is 4. The van der Waals surface area contributed by atoms with Gasteiger partial charge in [0.25, 0.3) is 0 Å². The van der Waals surface area contributed by atoms with Crippen molar-refractivity contribution in [3.8, 4) is 0 Å². The van der Waals surface area contributed by atoms with E-state index in [2.05, 4.69) is 10.1 Å². The lowest BCUT2D eigenvalue weighted by Gasteiger charge is -2.33.